The van der Waals surface area contributed by atoms with Crippen molar-refractivity contribution in [1.29, 1.82) is 0 Å². The van der Waals surface area contributed by atoms with Gasteiger partial charge in [-0.1, -0.05) is 75.9 Å². The van der Waals surface area contributed by atoms with Crippen molar-refractivity contribution in [3.63, 3.8) is 0 Å². The molecule has 0 saturated heterocycles. The monoisotopic (exact) mass is 656 g/mol. The standard InChI is InChI=1S/C38H50F2O7/c1-3-35(41)45-27-14-7-5-11-18-31(19-12-6-8-15-28-46-36(42)4-2)38(43)47-29-16-10-9-13-26-44-32-24-22-30(23-25-32)33-20-17-21-34(39)37(33)40/h3-4,17,20-25,31H,1-2,5-16,18-19,26-29H2. The Hall–Kier alpha value is -4.01. The van der Waals surface area contributed by atoms with Crippen LogP contribution in [0.1, 0.15) is 89.9 Å². The van der Waals surface area contributed by atoms with Gasteiger partial charge in [-0.2, -0.15) is 0 Å². The molecule has 0 heterocycles. The van der Waals surface area contributed by atoms with Crippen LogP contribution < -0.4 is 4.74 Å². The van der Waals surface area contributed by atoms with Gasteiger partial charge < -0.3 is 18.9 Å². The minimum Gasteiger partial charge on any atom is -0.494 e. The lowest BCUT2D eigenvalue weighted by Gasteiger charge is -2.16. The van der Waals surface area contributed by atoms with Crippen LogP contribution in [0.25, 0.3) is 11.1 Å². The highest BCUT2D eigenvalue weighted by atomic mass is 19.2. The third-order valence-corrected chi connectivity index (χ3v) is 7.72. The maximum Gasteiger partial charge on any atom is 0.330 e. The maximum atomic E-state index is 14.0. The molecule has 2 rings (SSSR count). The number of ether oxygens (including phenoxy) is 4. The third kappa shape index (κ3) is 16.9. The van der Waals surface area contributed by atoms with E-state index in [4.69, 9.17) is 18.9 Å². The highest BCUT2D eigenvalue weighted by Crippen LogP contribution is 2.26. The molecular formula is C38H50F2O7. The summed E-state index contributed by atoms with van der Waals surface area (Å²) < 4.78 is 49.0. The fourth-order valence-electron chi connectivity index (χ4n) is 5.03. The molecule has 0 saturated carbocycles. The van der Waals surface area contributed by atoms with Gasteiger partial charge in [0.25, 0.3) is 0 Å². The number of benzene rings is 2. The number of hydrogen-bond acceptors (Lipinski definition) is 7. The topological polar surface area (TPSA) is 88.1 Å². The molecule has 0 spiro atoms. The largest absolute Gasteiger partial charge is 0.494 e. The maximum absolute atomic E-state index is 14.0. The van der Waals surface area contributed by atoms with Gasteiger partial charge in [0.2, 0.25) is 0 Å². The van der Waals surface area contributed by atoms with Crippen LogP contribution in [-0.2, 0) is 28.6 Å². The minimum absolute atomic E-state index is 0.144. The number of rotatable bonds is 26. The average Bonchev–Trinajstić information content (AvgIpc) is 3.08. The summed E-state index contributed by atoms with van der Waals surface area (Å²) in [5.41, 5.74) is 0.795. The molecule has 2 aromatic rings. The van der Waals surface area contributed by atoms with Crippen molar-refractivity contribution in [2.24, 2.45) is 5.92 Å². The first-order chi connectivity index (χ1) is 22.8. The van der Waals surface area contributed by atoms with E-state index in [1.54, 1.807) is 30.3 Å². The number of hydrogen-bond donors (Lipinski definition) is 0. The zero-order chi connectivity index (χ0) is 34.1. The molecule has 0 aromatic heterocycles. The van der Waals surface area contributed by atoms with Crippen molar-refractivity contribution in [1.82, 2.24) is 0 Å². The van der Waals surface area contributed by atoms with Gasteiger partial charge in [0.15, 0.2) is 11.6 Å². The Morgan fingerprint density at radius 1 is 0.617 bits per heavy atom. The van der Waals surface area contributed by atoms with Gasteiger partial charge in [-0.25, -0.2) is 18.4 Å². The summed E-state index contributed by atoms with van der Waals surface area (Å²) in [4.78, 5) is 35.2. The fraction of sp³-hybridized carbons (Fsp3) is 0.500. The van der Waals surface area contributed by atoms with E-state index >= 15 is 0 Å². The van der Waals surface area contributed by atoms with Gasteiger partial charge in [-0.05, 0) is 75.1 Å². The van der Waals surface area contributed by atoms with Crippen LogP contribution in [-0.4, -0.2) is 44.3 Å². The summed E-state index contributed by atoms with van der Waals surface area (Å²) in [6.07, 6.45) is 14.4. The van der Waals surface area contributed by atoms with E-state index < -0.39 is 23.6 Å². The molecule has 0 fully saturated rings. The molecule has 0 bridgehead atoms. The molecule has 0 unspecified atom stereocenters. The van der Waals surface area contributed by atoms with Crippen LogP contribution in [0.3, 0.4) is 0 Å². The SMILES string of the molecule is C=CC(=O)OCCCCCCC(CCCCCCOC(=O)C=C)C(=O)OCCCCCCOc1ccc(-c2cccc(F)c2F)cc1. The Kier molecular flexibility index (Phi) is 20.2. The summed E-state index contributed by atoms with van der Waals surface area (Å²) >= 11 is 0. The number of halogens is 2. The second kappa shape index (κ2) is 24.2. The van der Waals surface area contributed by atoms with Gasteiger partial charge >= 0.3 is 17.9 Å². The predicted molar refractivity (Wildman–Crippen MR) is 179 cm³/mol. The van der Waals surface area contributed by atoms with Gasteiger partial charge in [-0.3, -0.25) is 4.79 Å². The highest BCUT2D eigenvalue weighted by Gasteiger charge is 2.19. The Labute approximate surface area is 278 Å². The quantitative estimate of drug-likeness (QED) is 0.0432. The molecule has 0 N–H and O–H groups in total. The van der Waals surface area contributed by atoms with E-state index in [-0.39, 0.29) is 17.5 Å². The molecule has 0 radical (unpaired) electrons. The lowest BCUT2D eigenvalue weighted by atomic mass is 9.94. The lowest BCUT2D eigenvalue weighted by molar-refractivity contribution is -0.149. The summed E-state index contributed by atoms with van der Waals surface area (Å²) in [7, 11) is 0. The Bertz CT molecular complexity index is 1200. The molecule has 2 aromatic carbocycles. The number of esters is 3. The number of carbonyl (C=O) groups excluding carboxylic acids is 3. The summed E-state index contributed by atoms with van der Waals surface area (Å²) in [6, 6.07) is 11.0. The summed E-state index contributed by atoms with van der Waals surface area (Å²) in [5.74, 6) is -2.19. The molecule has 9 heteroatoms. The lowest BCUT2D eigenvalue weighted by Crippen LogP contribution is -2.19. The van der Waals surface area contributed by atoms with E-state index in [0.717, 1.165) is 108 Å². The minimum atomic E-state index is -0.875. The van der Waals surface area contributed by atoms with Gasteiger partial charge in [0.1, 0.15) is 5.75 Å². The van der Waals surface area contributed by atoms with Crippen LogP contribution in [0.4, 0.5) is 8.78 Å². The van der Waals surface area contributed by atoms with Gasteiger partial charge in [0.05, 0.1) is 32.3 Å². The first-order valence-electron chi connectivity index (χ1n) is 16.8. The first kappa shape index (κ1) is 39.2. The highest BCUT2D eigenvalue weighted by molar-refractivity contribution is 5.81. The van der Waals surface area contributed by atoms with E-state index in [0.29, 0.717) is 37.7 Å². The predicted octanol–water partition coefficient (Wildman–Crippen LogP) is 9.09. The second-order valence-corrected chi connectivity index (χ2v) is 11.4. The molecule has 0 aliphatic carbocycles. The molecule has 7 nitrogen and oxygen atoms in total. The number of unbranched alkanes of at least 4 members (excludes halogenated alkanes) is 9. The molecule has 0 atom stereocenters. The van der Waals surface area contributed by atoms with Crippen LogP contribution in [0.15, 0.2) is 67.8 Å². The second-order valence-electron chi connectivity index (χ2n) is 11.4. The van der Waals surface area contributed by atoms with Crippen molar-refractivity contribution in [2.75, 3.05) is 26.4 Å². The van der Waals surface area contributed by atoms with Crippen LogP contribution in [0.5, 0.6) is 5.75 Å². The fourth-order valence-corrected chi connectivity index (χ4v) is 5.03. The zero-order valence-corrected chi connectivity index (χ0v) is 27.5. The third-order valence-electron chi connectivity index (χ3n) is 7.72. The summed E-state index contributed by atoms with van der Waals surface area (Å²) in [6.45, 7) is 8.43. The van der Waals surface area contributed by atoms with Crippen LogP contribution in [0, 0.1) is 17.6 Å². The van der Waals surface area contributed by atoms with E-state index in [1.165, 1.54) is 6.07 Å². The van der Waals surface area contributed by atoms with Gasteiger partial charge in [-0.15, -0.1) is 0 Å². The Morgan fingerprint density at radius 3 is 1.64 bits per heavy atom. The molecule has 258 valence electrons. The molecular weight excluding hydrogens is 606 g/mol. The Balaban J connectivity index is 1.63. The first-order valence-corrected chi connectivity index (χ1v) is 16.8. The van der Waals surface area contributed by atoms with E-state index in [1.807, 2.05) is 0 Å². The van der Waals surface area contributed by atoms with Crippen molar-refractivity contribution in [3.8, 4) is 16.9 Å². The van der Waals surface area contributed by atoms with Crippen molar-refractivity contribution >= 4 is 17.9 Å². The molecule has 47 heavy (non-hydrogen) atoms. The van der Waals surface area contributed by atoms with Crippen LogP contribution in [0.2, 0.25) is 0 Å². The van der Waals surface area contributed by atoms with Crippen molar-refractivity contribution in [2.45, 2.75) is 89.9 Å². The van der Waals surface area contributed by atoms with Crippen LogP contribution >= 0.6 is 0 Å². The van der Waals surface area contributed by atoms with Gasteiger partial charge in [0, 0.05) is 17.7 Å². The van der Waals surface area contributed by atoms with Crippen molar-refractivity contribution in [3.05, 3.63) is 79.4 Å². The number of carbonyl (C=O) groups is 3. The van der Waals surface area contributed by atoms with E-state index in [2.05, 4.69) is 13.2 Å². The summed E-state index contributed by atoms with van der Waals surface area (Å²) in [5, 5.41) is 0. The van der Waals surface area contributed by atoms with Crippen molar-refractivity contribution < 1.29 is 42.1 Å². The molecule has 0 aliphatic rings. The smallest absolute Gasteiger partial charge is 0.330 e. The normalized spacial score (nSPS) is 10.8. The van der Waals surface area contributed by atoms with E-state index in [9.17, 15) is 23.2 Å². The molecule has 0 amide bonds. The average molecular weight is 657 g/mol. The zero-order valence-electron chi connectivity index (χ0n) is 27.5. The Morgan fingerprint density at radius 2 is 1.11 bits per heavy atom. The molecule has 0 aliphatic heterocycles.